The van der Waals surface area contributed by atoms with Crippen molar-refractivity contribution in [2.75, 3.05) is 18.4 Å². The number of pyridine rings is 2. The van der Waals surface area contributed by atoms with Gasteiger partial charge in [0, 0.05) is 47.0 Å². The molecular weight excluding hydrogens is 440 g/mol. The smallest absolute Gasteiger partial charge is 0.248 e. The number of rotatable bonds is 5. The van der Waals surface area contributed by atoms with Crippen LogP contribution in [0.2, 0.25) is 5.02 Å². The molecule has 0 saturated heterocycles. The van der Waals surface area contributed by atoms with Gasteiger partial charge in [0.2, 0.25) is 17.1 Å². The molecule has 2 aromatic heterocycles. The van der Waals surface area contributed by atoms with E-state index in [4.69, 9.17) is 16.6 Å². The van der Waals surface area contributed by atoms with Crippen LogP contribution >= 0.6 is 11.6 Å². The van der Waals surface area contributed by atoms with Gasteiger partial charge in [-0.15, -0.1) is 0 Å². The Balaban J connectivity index is 1.34. The fraction of sp³-hybridized carbons (Fsp3) is 0.280. The van der Waals surface area contributed by atoms with Crippen LogP contribution in [0, 0.1) is 6.92 Å². The maximum atomic E-state index is 12.9. The Morgan fingerprint density at radius 3 is 2.70 bits per heavy atom. The first-order valence-electron chi connectivity index (χ1n) is 11.1. The van der Waals surface area contributed by atoms with Gasteiger partial charge in [-0.2, -0.15) is 0 Å². The zero-order valence-corrected chi connectivity index (χ0v) is 18.9. The highest BCUT2D eigenvalue weighted by molar-refractivity contribution is 6.31. The van der Waals surface area contributed by atoms with Crippen molar-refractivity contribution < 1.29 is 9.59 Å². The number of carbonyl (C=O) groups excluding carboxylic acids is 2. The Hall–Kier alpha value is -3.45. The molecule has 5 rings (SSSR count). The standard InChI is InChI=1S/C25H23ClN4O3/c1-13-10-21(32)30-24-20(31)12-19(25(33)22(13)24)27-8-9-28-23-15-4-2-3-5-17(15)29-18-11-14(26)6-7-16(18)23/h6-7,10-12,27H,2-5,8-9H2,1H3,(H,28,29)(H,30,32). The molecule has 8 heteroatoms. The predicted octanol–water partition coefficient (Wildman–Crippen LogP) is 3.73. The molecule has 0 spiro atoms. The van der Waals surface area contributed by atoms with Crippen molar-refractivity contribution in [3.05, 3.63) is 79.5 Å². The molecule has 0 aliphatic heterocycles. The summed E-state index contributed by atoms with van der Waals surface area (Å²) in [6.45, 7) is 2.65. The fourth-order valence-corrected chi connectivity index (χ4v) is 4.85. The lowest BCUT2D eigenvalue weighted by Crippen LogP contribution is -2.32. The number of aromatic amines is 1. The number of H-pyrrole nitrogens is 1. The van der Waals surface area contributed by atoms with Gasteiger partial charge in [-0.05, 0) is 61.9 Å². The number of hydrogen-bond donors (Lipinski definition) is 3. The van der Waals surface area contributed by atoms with E-state index in [-0.39, 0.29) is 28.5 Å². The first-order chi connectivity index (χ1) is 15.9. The number of hydrogen-bond acceptors (Lipinski definition) is 6. The third-order valence-electron chi connectivity index (χ3n) is 6.20. The summed E-state index contributed by atoms with van der Waals surface area (Å²) in [6.07, 6.45) is 5.44. The molecule has 0 bridgehead atoms. The van der Waals surface area contributed by atoms with E-state index in [1.54, 1.807) is 6.92 Å². The number of benzene rings is 1. The summed E-state index contributed by atoms with van der Waals surface area (Å²) in [5.41, 5.74) is 4.93. The maximum Gasteiger partial charge on any atom is 0.248 e. The molecular formula is C25H23ClN4O3. The molecule has 0 atom stereocenters. The van der Waals surface area contributed by atoms with Crippen LogP contribution in [-0.4, -0.2) is 34.6 Å². The van der Waals surface area contributed by atoms with Gasteiger partial charge in [-0.1, -0.05) is 11.6 Å². The summed E-state index contributed by atoms with van der Waals surface area (Å²) in [5.74, 6) is -0.674. The van der Waals surface area contributed by atoms with E-state index >= 15 is 0 Å². The van der Waals surface area contributed by atoms with Crippen LogP contribution in [0.25, 0.3) is 10.9 Å². The number of ketones is 2. The lowest BCUT2D eigenvalue weighted by molar-refractivity contribution is 0.0974. The van der Waals surface area contributed by atoms with E-state index in [9.17, 15) is 14.4 Å². The van der Waals surface area contributed by atoms with Crippen molar-refractivity contribution in [3.8, 4) is 0 Å². The lowest BCUT2D eigenvalue weighted by Gasteiger charge is -2.22. The highest BCUT2D eigenvalue weighted by Gasteiger charge is 2.28. The third-order valence-corrected chi connectivity index (χ3v) is 6.44. The normalized spacial score (nSPS) is 15.2. The van der Waals surface area contributed by atoms with Crippen LogP contribution in [0.3, 0.4) is 0 Å². The third kappa shape index (κ3) is 3.93. The zero-order valence-electron chi connectivity index (χ0n) is 18.2. The van der Waals surface area contributed by atoms with E-state index in [1.807, 2.05) is 18.2 Å². The molecule has 1 aromatic carbocycles. The second kappa shape index (κ2) is 8.48. The predicted molar refractivity (Wildman–Crippen MR) is 128 cm³/mol. The number of allylic oxidation sites excluding steroid dienone is 2. The second-order valence-corrected chi connectivity index (χ2v) is 8.89. The number of fused-ring (bicyclic) bond motifs is 3. The number of carbonyl (C=O) groups is 2. The van der Waals surface area contributed by atoms with Crippen LogP contribution < -0.4 is 16.2 Å². The first kappa shape index (κ1) is 21.4. The Morgan fingerprint density at radius 2 is 1.85 bits per heavy atom. The van der Waals surface area contributed by atoms with E-state index in [0.29, 0.717) is 23.7 Å². The van der Waals surface area contributed by atoms with Gasteiger partial charge >= 0.3 is 0 Å². The molecule has 2 heterocycles. The van der Waals surface area contributed by atoms with Crippen LogP contribution in [0.15, 0.2) is 40.8 Å². The second-order valence-electron chi connectivity index (χ2n) is 8.45. The summed E-state index contributed by atoms with van der Waals surface area (Å²) in [6, 6.07) is 7.07. The van der Waals surface area contributed by atoms with Crippen LogP contribution in [0.1, 0.15) is 50.5 Å². The van der Waals surface area contributed by atoms with Crippen molar-refractivity contribution in [2.24, 2.45) is 0 Å². The minimum atomic E-state index is -0.393. The average Bonchev–Trinajstić information content (AvgIpc) is 2.78. The van der Waals surface area contributed by atoms with Crippen molar-refractivity contribution in [3.63, 3.8) is 0 Å². The first-order valence-corrected chi connectivity index (χ1v) is 11.4. The molecule has 2 aliphatic carbocycles. The van der Waals surface area contributed by atoms with Crippen LogP contribution in [-0.2, 0) is 12.8 Å². The summed E-state index contributed by atoms with van der Waals surface area (Å²) in [4.78, 5) is 44.4. The van der Waals surface area contributed by atoms with Gasteiger partial charge < -0.3 is 15.6 Å². The molecule has 0 fully saturated rings. The van der Waals surface area contributed by atoms with E-state index < -0.39 is 5.56 Å². The van der Waals surface area contributed by atoms with E-state index in [2.05, 4.69) is 15.6 Å². The molecule has 0 radical (unpaired) electrons. The summed E-state index contributed by atoms with van der Waals surface area (Å²) >= 11 is 6.19. The van der Waals surface area contributed by atoms with Gasteiger partial charge in [0.25, 0.3) is 0 Å². The Labute approximate surface area is 195 Å². The highest BCUT2D eigenvalue weighted by atomic mass is 35.5. The van der Waals surface area contributed by atoms with Gasteiger partial charge in [-0.3, -0.25) is 19.4 Å². The number of aryl methyl sites for hydroxylation is 2. The molecule has 168 valence electrons. The van der Waals surface area contributed by atoms with Crippen molar-refractivity contribution in [2.45, 2.75) is 32.6 Å². The number of halogens is 1. The van der Waals surface area contributed by atoms with Gasteiger partial charge in [0.1, 0.15) is 5.69 Å². The highest BCUT2D eigenvalue weighted by Crippen LogP contribution is 2.34. The van der Waals surface area contributed by atoms with Crippen molar-refractivity contribution >= 4 is 39.8 Å². The zero-order chi connectivity index (χ0) is 23.1. The van der Waals surface area contributed by atoms with E-state index in [1.165, 1.54) is 17.7 Å². The number of nitrogens with zero attached hydrogens (tertiary/aromatic N) is 1. The Kier molecular flexibility index (Phi) is 5.50. The van der Waals surface area contributed by atoms with Gasteiger partial charge in [0.05, 0.1) is 16.8 Å². The lowest BCUT2D eigenvalue weighted by atomic mass is 9.92. The molecule has 0 saturated carbocycles. The van der Waals surface area contributed by atoms with Crippen LogP contribution in [0.4, 0.5) is 5.69 Å². The molecule has 0 amide bonds. The molecule has 3 N–H and O–H groups in total. The van der Waals surface area contributed by atoms with Crippen LogP contribution in [0.5, 0.6) is 0 Å². The monoisotopic (exact) mass is 462 g/mol. The minimum Gasteiger partial charge on any atom is -0.382 e. The summed E-state index contributed by atoms with van der Waals surface area (Å²) in [7, 11) is 0. The SMILES string of the molecule is Cc1cc(=O)[nH]c2c1C(=O)C(NCCNc1c3c(nc4cc(Cl)ccc14)CCCC3)=CC2=O. The van der Waals surface area contributed by atoms with Gasteiger partial charge in [0.15, 0.2) is 0 Å². The largest absolute Gasteiger partial charge is 0.382 e. The molecule has 2 aliphatic rings. The topological polar surface area (TPSA) is 104 Å². The number of nitrogens with one attached hydrogen (secondary N) is 3. The molecule has 7 nitrogen and oxygen atoms in total. The minimum absolute atomic E-state index is 0.0576. The summed E-state index contributed by atoms with van der Waals surface area (Å²) < 4.78 is 0. The molecule has 0 unspecified atom stereocenters. The Morgan fingerprint density at radius 1 is 1.06 bits per heavy atom. The maximum absolute atomic E-state index is 12.9. The number of aromatic nitrogens is 2. The molecule has 33 heavy (non-hydrogen) atoms. The number of Topliss-reactive ketones (excluding diaryl/α,β-unsaturated/α-hetero) is 1. The van der Waals surface area contributed by atoms with E-state index in [0.717, 1.165) is 48.0 Å². The van der Waals surface area contributed by atoms with Crippen molar-refractivity contribution in [1.29, 1.82) is 0 Å². The van der Waals surface area contributed by atoms with Gasteiger partial charge in [-0.25, -0.2) is 0 Å². The fourth-order valence-electron chi connectivity index (χ4n) is 4.69. The van der Waals surface area contributed by atoms with Crippen molar-refractivity contribution in [1.82, 2.24) is 15.3 Å². The summed E-state index contributed by atoms with van der Waals surface area (Å²) in [5, 5.41) is 8.29. The number of anilines is 1. The average molecular weight is 463 g/mol. The quantitative estimate of drug-likeness (QED) is 0.499. The molecule has 3 aromatic rings. The Bertz CT molecular complexity index is 1410.